The van der Waals surface area contributed by atoms with Crippen molar-refractivity contribution in [3.05, 3.63) is 12.2 Å². The third-order valence-electron chi connectivity index (χ3n) is 2.21. The molecule has 0 saturated heterocycles. The minimum atomic E-state index is -0.737. The van der Waals surface area contributed by atoms with E-state index in [1.807, 2.05) is 0 Å². The molecule has 2 unspecified atom stereocenters. The second-order valence-electron chi connectivity index (χ2n) is 3.27. The Balaban J connectivity index is 2.61. The first kappa shape index (κ1) is 7.76. The monoisotopic (exact) mass is 142 g/mol. The van der Waals surface area contributed by atoms with Crippen molar-refractivity contribution in [2.75, 3.05) is 0 Å². The Hall–Kier alpha value is -0.340. The van der Waals surface area contributed by atoms with Crippen LogP contribution >= 0.6 is 0 Å². The van der Waals surface area contributed by atoms with Crippen LogP contribution in [0.2, 0.25) is 0 Å². The molecular formula is C8H14O2. The normalized spacial score (nSPS) is 41.9. The Morgan fingerprint density at radius 3 is 2.70 bits per heavy atom. The Morgan fingerprint density at radius 2 is 2.30 bits per heavy atom. The predicted octanol–water partition coefficient (Wildman–Crippen LogP) is 0.838. The molecule has 2 nitrogen and oxygen atoms in total. The van der Waals surface area contributed by atoms with Crippen LogP contribution in [0, 0.1) is 0 Å². The van der Waals surface area contributed by atoms with Crippen molar-refractivity contribution in [3.63, 3.8) is 0 Å². The predicted molar refractivity (Wildman–Crippen MR) is 39.6 cm³/mol. The van der Waals surface area contributed by atoms with Crippen molar-refractivity contribution >= 4 is 0 Å². The van der Waals surface area contributed by atoms with Crippen molar-refractivity contribution in [1.82, 2.24) is 0 Å². The fraction of sp³-hybridized carbons (Fsp3) is 0.750. The smallest absolute Gasteiger partial charge is 0.0828 e. The zero-order chi connectivity index (χ0) is 7.78. The van der Waals surface area contributed by atoms with E-state index in [0.29, 0.717) is 19.3 Å². The highest BCUT2D eigenvalue weighted by Crippen LogP contribution is 2.31. The van der Waals surface area contributed by atoms with Crippen LogP contribution in [0.5, 0.6) is 0 Å². The van der Waals surface area contributed by atoms with Gasteiger partial charge in [0, 0.05) is 0 Å². The lowest BCUT2D eigenvalue weighted by Gasteiger charge is -2.33. The summed E-state index contributed by atoms with van der Waals surface area (Å²) in [5, 5.41) is 18.7. The average Bonchev–Trinajstić information content (AvgIpc) is 1.81. The molecule has 2 heteroatoms. The molecule has 0 heterocycles. The molecule has 0 amide bonds. The zero-order valence-electron chi connectivity index (χ0n) is 6.30. The van der Waals surface area contributed by atoms with Gasteiger partial charge in [-0.1, -0.05) is 6.58 Å². The van der Waals surface area contributed by atoms with E-state index in [2.05, 4.69) is 6.58 Å². The summed E-state index contributed by atoms with van der Waals surface area (Å²) in [4.78, 5) is 0. The average molecular weight is 142 g/mol. The highest BCUT2D eigenvalue weighted by Gasteiger charge is 2.30. The Bertz CT molecular complexity index is 149. The molecule has 0 aromatic carbocycles. The molecule has 1 aliphatic rings. The van der Waals surface area contributed by atoms with E-state index in [-0.39, 0.29) is 6.10 Å². The number of hydrogen-bond donors (Lipinski definition) is 2. The van der Waals surface area contributed by atoms with Gasteiger partial charge in [0.25, 0.3) is 0 Å². The summed E-state index contributed by atoms with van der Waals surface area (Å²) in [6.45, 7) is 5.46. The fourth-order valence-electron chi connectivity index (χ4n) is 1.23. The molecule has 0 aliphatic heterocycles. The molecule has 0 radical (unpaired) electrons. The van der Waals surface area contributed by atoms with Gasteiger partial charge in [-0.2, -0.15) is 0 Å². The van der Waals surface area contributed by atoms with E-state index >= 15 is 0 Å². The summed E-state index contributed by atoms with van der Waals surface area (Å²) in [6.07, 6.45) is 1.58. The minimum absolute atomic E-state index is 0.285. The van der Waals surface area contributed by atoms with Crippen molar-refractivity contribution in [1.29, 1.82) is 0 Å². The second-order valence-corrected chi connectivity index (χ2v) is 3.27. The van der Waals surface area contributed by atoms with Crippen molar-refractivity contribution in [3.8, 4) is 0 Å². The molecule has 0 aromatic heterocycles. The maximum Gasteiger partial charge on any atom is 0.0828 e. The summed E-state index contributed by atoms with van der Waals surface area (Å²) in [6, 6.07) is 0. The molecule has 1 fully saturated rings. The van der Waals surface area contributed by atoms with Crippen molar-refractivity contribution in [2.24, 2.45) is 0 Å². The summed E-state index contributed by atoms with van der Waals surface area (Å²) in [5.41, 5.74) is 0.0189. The lowest BCUT2D eigenvalue weighted by molar-refractivity contribution is 0.0288. The summed E-state index contributed by atoms with van der Waals surface area (Å²) < 4.78 is 0. The number of aliphatic hydroxyl groups is 2. The van der Waals surface area contributed by atoms with Crippen molar-refractivity contribution in [2.45, 2.75) is 37.9 Å². The maximum atomic E-state index is 9.55. The van der Waals surface area contributed by atoms with Crippen LogP contribution in [0.1, 0.15) is 26.2 Å². The van der Waals surface area contributed by atoms with Crippen LogP contribution in [0.3, 0.4) is 0 Å². The first-order valence-electron chi connectivity index (χ1n) is 3.61. The van der Waals surface area contributed by atoms with E-state index in [0.717, 1.165) is 5.57 Å². The summed E-state index contributed by atoms with van der Waals surface area (Å²) in [7, 11) is 0. The number of rotatable bonds is 0. The Labute approximate surface area is 61.2 Å². The third kappa shape index (κ3) is 1.39. The molecule has 1 aliphatic carbocycles. The molecule has 0 bridgehead atoms. The lowest BCUT2D eigenvalue weighted by Crippen LogP contribution is -2.34. The highest BCUT2D eigenvalue weighted by atomic mass is 16.3. The third-order valence-corrected chi connectivity index (χ3v) is 2.21. The van der Waals surface area contributed by atoms with Crippen LogP contribution in [0.15, 0.2) is 12.2 Å². The van der Waals surface area contributed by atoms with Crippen LogP contribution in [-0.2, 0) is 0 Å². The number of aliphatic hydroxyl groups excluding tert-OH is 1. The Morgan fingerprint density at radius 1 is 1.70 bits per heavy atom. The van der Waals surface area contributed by atoms with Gasteiger partial charge in [-0.15, -0.1) is 0 Å². The Kier molecular flexibility index (Phi) is 1.84. The van der Waals surface area contributed by atoms with Gasteiger partial charge in [-0.3, -0.25) is 0 Å². The van der Waals surface area contributed by atoms with Gasteiger partial charge in [0.05, 0.1) is 11.7 Å². The van der Waals surface area contributed by atoms with Gasteiger partial charge < -0.3 is 10.2 Å². The van der Waals surface area contributed by atoms with E-state index in [9.17, 15) is 5.11 Å². The molecule has 10 heavy (non-hydrogen) atoms. The van der Waals surface area contributed by atoms with Crippen LogP contribution in [0.25, 0.3) is 0 Å². The van der Waals surface area contributed by atoms with Crippen LogP contribution in [0.4, 0.5) is 0 Å². The van der Waals surface area contributed by atoms with E-state index in [1.54, 1.807) is 6.92 Å². The molecule has 1 rings (SSSR count). The standard InChI is InChI=1S/C8H14O2/c1-6-5-7(9)3-4-8(6,2)10/h7,9-10H,1,3-5H2,2H3. The second kappa shape index (κ2) is 2.36. The zero-order valence-corrected chi connectivity index (χ0v) is 6.30. The van der Waals surface area contributed by atoms with Gasteiger partial charge in [0.2, 0.25) is 0 Å². The molecule has 0 spiro atoms. The first-order chi connectivity index (χ1) is 4.52. The molecule has 2 atom stereocenters. The van der Waals surface area contributed by atoms with Gasteiger partial charge in [-0.25, -0.2) is 0 Å². The largest absolute Gasteiger partial charge is 0.393 e. The first-order valence-corrected chi connectivity index (χ1v) is 3.61. The van der Waals surface area contributed by atoms with Gasteiger partial charge in [-0.05, 0) is 31.8 Å². The van der Waals surface area contributed by atoms with Crippen LogP contribution < -0.4 is 0 Å². The van der Waals surface area contributed by atoms with E-state index < -0.39 is 5.60 Å². The van der Waals surface area contributed by atoms with Gasteiger partial charge >= 0.3 is 0 Å². The highest BCUT2D eigenvalue weighted by molar-refractivity contribution is 5.14. The number of hydrogen-bond acceptors (Lipinski definition) is 2. The molecule has 1 saturated carbocycles. The molecule has 2 N–H and O–H groups in total. The van der Waals surface area contributed by atoms with Gasteiger partial charge in [0.1, 0.15) is 0 Å². The summed E-state index contributed by atoms with van der Waals surface area (Å²) in [5.74, 6) is 0. The fourth-order valence-corrected chi connectivity index (χ4v) is 1.23. The molecule has 0 aromatic rings. The minimum Gasteiger partial charge on any atom is -0.393 e. The van der Waals surface area contributed by atoms with Crippen molar-refractivity contribution < 1.29 is 10.2 Å². The van der Waals surface area contributed by atoms with Gasteiger partial charge in [0.15, 0.2) is 0 Å². The van der Waals surface area contributed by atoms with E-state index in [4.69, 9.17) is 5.11 Å². The lowest BCUT2D eigenvalue weighted by atomic mass is 9.81. The molecular weight excluding hydrogens is 128 g/mol. The van der Waals surface area contributed by atoms with E-state index in [1.165, 1.54) is 0 Å². The summed E-state index contributed by atoms with van der Waals surface area (Å²) >= 11 is 0. The maximum absolute atomic E-state index is 9.55. The molecule has 58 valence electrons. The SMILES string of the molecule is C=C1CC(O)CCC1(C)O. The quantitative estimate of drug-likeness (QED) is 0.492. The topological polar surface area (TPSA) is 40.5 Å². The van der Waals surface area contributed by atoms with Crippen LogP contribution in [-0.4, -0.2) is 21.9 Å².